The Kier molecular flexibility index (Phi) is 12.1. The fourth-order valence-corrected chi connectivity index (χ4v) is 7.87. The fraction of sp³-hybridized carbons (Fsp3) is 0.297. The molecule has 1 aliphatic carbocycles. The van der Waals surface area contributed by atoms with Gasteiger partial charge in [0.15, 0.2) is 0 Å². The second kappa shape index (κ2) is 16.4. The molecule has 49 heavy (non-hydrogen) atoms. The predicted molar refractivity (Wildman–Crippen MR) is 192 cm³/mol. The first kappa shape index (κ1) is 36.0. The van der Waals surface area contributed by atoms with E-state index in [0.29, 0.717) is 21.4 Å². The van der Waals surface area contributed by atoms with E-state index in [9.17, 15) is 18.0 Å². The number of anilines is 1. The molecule has 1 atom stereocenters. The second-order valence-corrected chi connectivity index (χ2v) is 14.5. The topological polar surface area (TPSA) is 105 Å². The molecule has 4 aromatic carbocycles. The van der Waals surface area contributed by atoms with Crippen LogP contribution in [0.5, 0.6) is 11.5 Å². The third-order valence-corrected chi connectivity index (χ3v) is 11.0. The van der Waals surface area contributed by atoms with Crippen LogP contribution in [0.25, 0.3) is 0 Å². The number of rotatable bonds is 14. The van der Waals surface area contributed by atoms with Gasteiger partial charge in [0.2, 0.25) is 11.8 Å². The molecule has 9 nitrogen and oxygen atoms in total. The van der Waals surface area contributed by atoms with Gasteiger partial charge in [-0.3, -0.25) is 13.9 Å². The molecule has 0 aliphatic heterocycles. The van der Waals surface area contributed by atoms with Gasteiger partial charge in [-0.1, -0.05) is 84.6 Å². The number of ether oxygens (including phenoxy) is 2. The van der Waals surface area contributed by atoms with Crippen molar-refractivity contribution in [3.05, 3.63) is 118 Å². The highest BCUT2D eigenvalue weighted by molar-refractivity contribution is 7.92. The highest BCUT2D eigenvalue weighted by atomic mass is 35.5. The molecule has 1 unspecified atom stereocenters. The summed E-state index contributed by atoms with van der Waals surface area (Å²) in [5.74, 6) is -0.214. The molecule has 0 aromatic heterocycles. The SMILES string of the molecule is COc1ccc(S(=O)(=O)N(CC(=O)N(Cc2ccc(Cl)cc2Cl)C(Cc2ccccc2)C(=O)NC2CCCC2)c2ccccc2OC)cc1. The molecule has 2 amide bonds. The molecule has 1 saturated carbocycles. The molecule has 5 rings (SSSR count). The van der Waals surface area contributed by atoms with E-state index in [1.54, 1.807) is 42.5 Å². The molecule has 1 aliphatic rings. The van der Waals surface area contributed by atoms with Gasteiger partial charge in [-0.05, 0) is 72.5 Å². The number of carbonyl (C=O) groups is 2. The summed E-state index contributed by atoms with van der Waals surface area (Å²) in [5.41, 5.74) is 1.54. The van der Waals surface area contributed by atoms with Crippen molar-refractivity contribution in [3.63, 3.8) is 0 Å². The Labute approximate surface area is 297 Å². The van der Waals surface area contributed by atoms with Crippen LogP contribution >= 0.6 is 23.2 Å². The van der Waals surface area contributed by atoms with Gasteiger partial charge in [0.25, 0.3) is 10.0 Å². The summed E-state index contributed by atoms with van der Waals surface area (Å²) in [7, 11) is -1.43. The smallest absolute Gasteiger partial charge is 0.264 e. The number of hydrogen-bond acceptors (Lipinski definition) is 6. The Morgan fingerprint density at radius 3 is 2.20 bits per heavy atom. The minimum absolute atomic E-state index is 0.0117. The predicted octanol–water partition coefficient (Wildman–Crippen LogP) is 6.90. The lowest BCUT2D eigenvalue weighted by Gasteiger charge is -2.34. The lowest BCUT2D eigenvalue weighted by molar-refractivity contribution is -0.140. The Bertz CT molecular complexity index is 1850. The van der Waals surface area contributed by atoms with Crippen LogP contribution in [0.4, 0.5) is 5.69 Å². The lowest BCUT2D eigenvalue weighted by Crippen LogP contribution is -2.54. The number of halogens is 2. The number of hydrogen-bond donors (Lipinski definition) is 1. The van der Waals surface area contributed by atoms with Gasteiger partial charge in [-0.2, -0.15) is 0 Å². The van der Waals surface area contributed by atoms with Crippen LogP contribution in [0.3, 0.4) is 0 Å². The van der Waals surface area contributed by atoms with Gasteiger partial charge in [0.05, 0.1) is 24.8 Å². The largest absolute Gasteiger partial charge is 0.497 e. The summed E-state index contributed by atoms with van der Waals surface area (Å²) >= 11 is 12.8. The van der Waals surface area contributed by atoms with Crippen LogP contribution in [-0.4, -0.2) is 58.0 Å². The number of amides is 2. The first-order valence-electron chi connectivity index (χ1n) is 16.0. The average Bonchev–Trinajstić information content (AvgIpc) is 3.63. The Morgan fingerprint density at radius 1 is 0.878 bits per heavy atom. The quantitative estimate of drug-likeness (QED) is 0.152. The van der Waals surface area contributed by atoms with Gasteiger partial charge < -0.3 is 19.7 Å². The number of methoxy groups -OCH3 is 2. The zero-order valence-corrected chi connectivity index (χ0v) is 29.7. The molecular formula is C37H39Cl2N3O6S. The van der Waals surface area contributed by atoms with Crippen molar-refractivity contribution >= 4 is 50.7 Å². The van der Waals surface area contributed by atoms with Crippen molar-refractivity contribution in [2.45, 2.75) is 55.6 Å². The number of carbonyl (C=O) groups excluding carboxylic acids is 2. The van der Waals surface area contributed by atoms with Crippen LogP contribution in [-0.2, 0) is 32.6 Å². The summed E-state index contributed by atoms with van der Waals surface area (Å²) in [5, 5.41) is 3.89. The van der Waals surface area contributed by atoms with Crippen LogP contribution in [0.2, 0.25) is 10.0 Å². The molecule has 258 valence electrons. The Hall–Kier alpha value is -4.25. The van der Waals surface area contributed by atoms with Gasteiger partial charge >= 0.3 is 0 Å². The summed E-state index contributed by atoms with van der Waals surface area (Å²) in [6.45, 7) is -0.714. The number of nitrogens with one attached hydrogen (secondary N) is 1. The van der Waals surface area contributed by atoms with Crippen molar-refractivity contribution in [2.75, 3.05) is 25.1 Å². The molecule has 1 N–H and O–H groups in total. The number of sulfonamides is 1. The summed E-state index contributed by atoms with van der Waals surface area (Å²) in [4.78, 5) is 30.3. The third kappa shape index (κ3) is 8.86. The third-order valence-electron chi connectivity index (χ3n) is 8.61. The normalized spacial score (nSPS) is 13.8. The first-order valence-corrected chi connectivity index (χ1v) is 18.2. The molecule has 4 aromatic rings. The lowest BCUT2D eigenvalue weighted by atomic mass is 10.0. The maximum absolute atomic E-state index is 14.8. The van der Waals surface area contributed by atoms with E-state index < -0.39 is 28.5 Å². The minimum atomic E-state index is -4.34. The van der Waals surface area contributed by atoms with Crippen molar-refractivity contribution in [1.82, 2.24) is 10.2 Å². The average molecular weight is 725 g/mol. The summed E-state index contributed by atoms with van der Waals surface area (Å²) in [6.07, 6.45) is 3.91. The fourth-order valence-electron chi connectivity index (χ4n) is 5.98. The van der Waals surface area contributed by atoms with E-state index in [1.807, 2.05) is 30.3 Å². The number of benzene rings is 4. The van der Waals surface area contributed by atoms with E-state index in [1.165, 1.54) is 43.4 Å². The maximum Gasteiger partial charge on any atom is 0.264 e. The Morgan fingerprint density at radius 2 is 1.55 bits per heavy atom. The molecule has 0 saturated heterocycles. The second-order valence-electron chi connectivity index (χ2n) is 11.8. The van der Waals surface area contributed by atoms with E-state index in [-0.39, 0.29) is 41.2 Å². The van der Waals surface area contributed by atoms with E-state index in [0.717, 1.165) is 35.6 Å². The zero-order valence-electron chi connectivity index (χ0n) is 27.4. The van der Waals surface area contributed by atoms with Crippen LogP contribution in [0.1, 0.15) is 36.8 Å². The van der Waals surface area contributed by atoms with Crippen molar-refractivity contribution < 1.29 is 27.5 Å². The molecule has 1 fully saturated rings. The van der Waals surface area contributed by atoms with Gasteiger partial charge in [0.1, 0.15) is 24.1 Å². The molecule has 0 bridgehead atoms. The number of nitrogens with zero attached hydrogens (tertiary/aromatic N) is 2. The Balaban J connectivity index is 1.60. The highest BCUT2D eigenvalue weighted by Gasteiger charge is 2.36. The molecule has 0 radical (unpaired) electrons. The zero-order chi connectivity index (χ0) is 35.0. The minimum Gasteiger partial charge on any atom is -0.497 e. The van der Waals surface area contributed by atoms with Crippen molar-refractivity contribution in [3.8, 4) is 11.5 Å². The molecule has 0 spiro atoms. The van der Waals surface area contributed by atoms with Crippen molar-refractivity contribution in [1.29, 1.82) is 0 Å². The molecule has 12 heteroatoms. The highest BCUT2D eigenvalue weighted by Crippen LogP contribution is 2.33. The van der Waals surface area contributed by atoms with Gasteiger partial charge in [-0.15, -0.1) is 0 Å². The summed E-state index contributed by atoms with van der Waals surface area (Å²) in [6, 6.07) is 25.8. The van der Waals surface area contributed by atoms with Gasteiger partial charge in [0, 0.05) is 29.1 Å². The summed E-state index contributed by atoms with van der Waals surface area (Å²) < 4.78 is 40.6. The maximum atomic E-state index is 14.8. The van der Waals surface area contributed by atoms with Gasteiger partial charge in [-0.25, -0.2) is 8.42 Å². The van der Waals surface area contributed by atoms with E-state index >= 15 is 0 Å². The first-order chi connectivity index (χ1) is 23.6. The van der Waals surface area contributed by atoms with Crippen LogP contribution in [0, 0.1) is 0 Å². The molecule has 0 heterocycles. The van der Waals surface area contributed by atoms with Crippen molar-refractivity contribution in [2.24, 2.45) is 0 Å². The van der Waals surface area contributed by atoms with Crippen LogP contribution < -0.4 is 19.1 Å². The van der Waals surface area contributed by atoms with E-state index in [2.05, 4.69) is 5.32 Å². The molecular weight excluding hydrogens is 685 g/mol. The van der Waals surface area contributed by atoms with E-state index in [4.69, 9.17) is 32.7 Å². The monoisotopic (exact) mass is 723 g/mol. The standard InChI is InChI=1S/C37H39Cl2N3O6S/c1-47-30-18-20-31(21-19-30)49(45,46)42(33-14-8-9-15-35(33)48-2)25-36(43)41(24-27-16-17-28(38)23-32(27)39)34(22-26-10-4-3-5-11-26)37(44)40-29-12-6-7-13-29/h3-5,8-11,14-21,23,29,34H,6-7,12-13,22,24-25H2,1-2H3,(H,40,44). The number of para-hydroxylation sites is 2. The van der Waals surface area contributed by atoms with Crippen LogP contribution in [0.15, 0.2) is 102 Å².